The maximum absolute atomic E-state index is 12.7. The lowest BCUT2D eigenvalue weighted by Gasteiger charge is -2.23. The van der Waals surface area contributed by atoms with Crippen LogP contribution in [0.5, 0.6) is 0 Å². The summed E-state index contributed by atoms with van der Waals surface area (Å²) in [5.74, 6) is -0.292. The minimum atomic E-state index is -4.37. The molecule has 0 aromatic carbocycles. The molecule has 52 heavy (non-hydrogen) atoms. The second-order valence-corrected chi connectivity index (χ2v) is 14.5. The van der Waals surface area contributed by atoms with Crippen LogP contribution in [-0.2, 0) is 18.4 Å². The first-order valence-electron chi connectivity index (χ1n) is 20.2. The number of hydrogen-bond donors (Lipinski definition) is 4. The molecule has 0 radical (unpaired) electrons. The predicted molar refractivity (Wildman–Crippen MR) is 221 cm³/mol. The van der Waals surface area contributed by atoms with E-state index in [-0.39, 0.29) is 25.5 Å². The van der Waals surface area contributed by atoms with Crippen LogP contribution >= 0.6 is 7.82 Å². The van der Waals surface area contributed by atoms with E-state index in [1.807, 2.05) is 18.2 Å². The van der Waals surface area contributed by atoms with Crippen LogP contribution in [0.25, 0.3) is 0 Å². The third-order valence-corrected chi connectivity index (χ3v) is 9.18. The van der Waals surface area contributed by atoms with Crippen LogP contribution in [0.1, 0.15) is 149 Å². The van der Waals surface area contributed by atoms with E-state index >= 15 is 0 Å². The lowest BCUT2D eigenvalue weighted by Crippen LogP contribution is -2.45. The van der Waals surface area contributed by atoms with Gasteiger partial charge in [-0.15, -0.1) is 0 Å². The summed E-state index contributed by atoms with van der Waals surface area (Å²) in [6.45, 7) is 3.90. The van der Waals surface area contributed by atoms with Gasteiger partial charge in [0.2, 0.25) is 5.91 Å². The molecule has 0 saturated carbocycles. The summed E-state index contributed by atoms with van der Waals surface area (Å²) in [5, 5.41) is 13.5. The molecule has 0 aliphatic rings. The van der Waals surface area contributed by atoms with Gasteiger partial charge >= 0.3 is 7.82 Å². The van der Waals surface area contributed by atoms with Gasteiger partial charge in [-0.2, -0.15) is 0 Å². The van der Waals surface area contributed by atoms with E-state index in [0.29, 0.717) is 12.8 Å². The summed E-state index contributed by atoms with van der Waals surface area (Å²) >= 11 is 0. The SMILES string of the molecule is CC/C=C\C/C=C\C/C=C\C/C=C\CCC(=O)NC(COP(=O)(O)OCCN)C(O)/C=C/CC/C=C/CC/C=C/CCCCCCCCCCCC. The number of phosphoric acid groups is 1. The van der Waals surface area contributed by atoms with Gasteiger partial charge in [-0.05, 0) is 70.6 Å². The first-order valence-corrected chi connectivity index (χ1v) is 21.7. The molecule has 0 saturated heterocycles. The fourth-order valence-corrected chi connectivity index (χ4v) is 5.93. The summed E-state index contributed by atoms with van der Waals surface area (Å²) in [6, 6.07) is -0.925. The van der Waals surface area contributed by atoms with Crippen molar-refractivity contribution in [3.63, 3.8) is 0 Å². The lowest BCUT2D eigenvalue weighted by molar-refractivity contribution is -0.122. The Kier molecular flexibility index (Phi) is 36.7. The number of aliphatic hydroxyl groups excluding tert-OH is 1. The molecule has 0 aromatic heterocycles. The number of rotatable bonds is 36. The van der Waals surface area contributed by atoms with Gasteiger partial charge in [0.1, 0.15) is 0 Å². The smallest absolute Gasteiger partial charge is 0.387 e. The zero-order valence-electron chi connectivity index (χ0n) is 32.8. The molecule has 8 nitrogen and oxygen atoms in total. The largest absolute Gasteiger partial charge is 0.472 e. The van der Waals surface area contributed by atoms with Crippen LogP contribution in [0.15, 0.2) is 85.1 Å². The predicted octanol–water partition coefficient (Wildman–Crippen LogP) is 11.0. The van der Waals surface area contributed by atoms with E-state index in [0.717, 1.165) is 44.9 Å². The monoisotopic (exact) mass is 747 g/mol. The van der Waals surface area contributed by atoms with E-state index in [9.17, 15) is 19.4 Å². The fourth-order valence-electron chi connectivity index (χ4n) is 5.17. The Labute approximate surface area is 318 Å². The Bertz CT molecular complexity index is 1080. The van der Waals surface area contributed by atoms with Crippen LogP contribution in [0.2, 0.25) is 0 Å². The van der Waals surface area contributed by atoms with Gasteiger partial charge in [-0.1, -0.05) is 157 Å². The molecule has 298 valence electrons. The molecule has 3 atom stereocenters. The highest BCUT2D eigenvalue weighted by Crippen LogP contribution is 2.43. The molecule has 0 spiro atoms. The fraction of sp³-hybridized carbons (Fsp3) is 0.651. The minimum absolute atomic E-state index is 0.0569. The van der Waals surface area contributed by atoms with Crippen molar-refractivity contribution in [2.75, 3.05) is 19.8 Å². The molecule has 0 bridgehead atoms. The van der Waals surface area contributed by atoms with Crippen LogP contribution in [0.3, 0.4) is 0 Å². The number of allylic oxidation sites excluding steroid dienone is 13. The van der Waals surface area contributed by atoms with Crippen molar-refractivity contribution < 1.29 is 28.4 Å². The highest BCUT2D eigenvalue weighted by molar-refractivity contribution is 7.47. The topological polar surface area (TPSA) is 131 Å². The van der Waals surface area contributed by atoms with Crippen molar-refractivity contribution in [1.29, 1.82) is 0 Å². The quantitative estimate of drug-likeness (QED) is 0.0285. The van der Waals surface area contributed by atoms with Gasteiger partial charge in [0.15, 0.2) is 0 Å². The first-order chi connectivity index (χ1) is 25.4. The first kappa shape index (κ1) is 49.7. The third kappa shape index (κ3) is 36.1. The number of nitrogens with two attached hydrogens (primary N) is 1. The van der Waals surface area contributed by atoms with Gasteiger partial charge in [0.25, 0.3) is 0 Å². The number of nitrogens with one attached hydrogen (secondary N) is 1. The summed E-state index contributed by atoms with van der Waals surface area (Å²) in [5.41, 5.74) is 5.35. The molecular formula is C43H75N2O6P. The summed E-state index contributed by atoms with van der Waals surface area (Å²) < 4.78 is 22.0. The zero-order chi connectivity index (χ0) is 38.2. The van der Waals surface area contributed by atoms with Crippen LogP contribution in [-0.4, -0.2) is 47.8 Å². The summed E-state index contributed by atoms with van der Waals surface area (Å²) in [7, 11) is -4.37. The second-order valence-electron chi connectivity index (χ2n) is 13.1. The van der Waals surface area contributed by atoms with Crippen molar-refractivity contribution in [2.45, 2.75) is 161 Å². The molecular weight excluding hydrogens is 671 g/mol. The van der Waals surface area contributed by atoms with E-state index in [4.69, 9.17) is 14.8 Å². The average Bonchev–Trinajstić information content (AvgIpc) is 3.13. The van der Waals surface area contributed by atoms with Gasteiger partial charge in [0, 0.05) is 13.0 Å². The van der Waals surface area contributed by atoms with Crippen molar-refractivity contribution in [2.24, 2.45) is 5.73 Å². The van der Waals surface area contributed by atoms with Crippen molar-refractivity contribution in [3.05, 3.63) is 85.1 Å². The highest BCUT2D eigenvalue weighted by Gasteiger charge is 2.26. The molecule has 0 aliphatic carbocycles. The van der Waals surface area contributed by atoms with E-state index in [1.165, 1.54) is 70.6 Å². The third-order valence-electron chi connectivity index (χ3n) is 8.20. The Balaban J connectivity index is 4.44. The van der Waals surface area contributed by atoms with Gasteiger partial charge in [-0.3, -0.25) is 13.8 Å². The van der Waals surface area contributed by atoms with Crippen molar-refractivity contribution in [3.8, 4) is 0 Å². The summed E-state index contributed by atoms with van der Waals surface area (Å²) in [4.78, 5) is 22.6. The number of amides is 1. The Morgan fingerprint density at radius 1 is 0.654 bits per heavy atom. The van der Waals surface area contributed by atoms with Gasteiger partial charge in [-0.25, -0.2) is 4.57 Å². The van der Waals surface area contributed by atoms with Crippen LogP contribution < -0.4 is 11.1 Å². The number of unbranched alkanes of at least 4 members (excludes halogenated alkanes) is 12. The highest BCUT2D eigenvalue weighted by atomic mass is 31.2. The van der Waals surface area contributed by atoms with Crippen molar-refractivity contribution >= 4 is 13.7 Å². The zero-order valence-corrected chi connectivity index (χ0v) is 33.7. The molecule has 3 unspecified atom stereocenters. The maximum atomic E-state index is 12.7. The van der Waals surface area contributed by atoms with Crippen molar-refractivity contribution in [1.82, 2.24) is 5.32 Å². The standard InChI is InChI=1S/C43H75N2O6P/c1-3-5-7-9-11-13-15-17-18-19-20-21-22-23-25-26-28-30-32-34-36-42(46)41(40-51-52(48,49)50-39-38-44)45-43(47)37-35-33-31-29-27-24-16-14-12-10-8-6-4-2/h6,8,12,14,21-22,24,26-28,31,33-34,36,41-42,46H,3-5,7,9-11,13,15-20,23,25,29-30,32,35,37-40,44H2,1-2H3,(H,45,47)(H,48,49)/b8-6-,14-12-,22-21+,27-24-,28-26+,33-31-,36-34+. The van der Waals surface area contributed by atoms with Crippen LogP contribution in [0, 0.1) is 0 Å². The second kappa shape index (κ2) is 38.4. The Morgan fingerprint density at radius 3 is 1.69 bits per heavy atom. The minimum Gasteiger partial charge on any atom is -0.387 e. The molecule has 0 aliphatic heterocycles. The number of aliphatic hydroxyl groups is 1. The normalized spacial score (nSPS) is 15.1. The Morgan fingerprint density at radius 2 is 1.13 bits per heavy atom. The number of carbonyl (C=O) groups is 1. The number of hydrogen-bond acceptors (Lipinski definition) is 6. The van der Waals surface area contributed by atoms with E-state index in [2.05, 4.69) is 79.9 Å². The lowest BCUT2D eigenvalue weighted by atomic mass is 10.1. The number of carbonyl (C=O) groups excluding carboxylic acids is 1. The molecule has 0 rings (SSSR count). The molecule has 0 heterocycles. The number of phosphoric ester groups is 1. The Hall–Kier alpha value is -2.32. The maximum Gasteiger partial charge on any atom is 0.472 e. The van der Waals surface area contributed by atoms with Crippen LogP contribution in [0.4, 0.5) is 0 Å². The van der Waals surface area contributed by atoms with Gasteiger partial charge < -0.3 is 21.1 Å². The molecule has 0 fully saturated rings. The molecule has 1 amide bonds. The van der Waals surface area contributed by atoms with Gasteiger partial charge in [0.05, 0.1) is 25.4 Å². The molecule has 0 aromatic rings. The van der Waals surface area contributed by atoms with E-state index in [1.54, 1.807) is 6.08 Å². The molecule has 5 N–H and O–H groups in total. The van der Waals surface area contributed by atoms with E-state index < -0.39 is 26.6 Å². The average molecular weight is 747 g/mol. The summed E-state index contributed by atoms with van der Waals surface area (Å²) in [6.07, 6.45) is 50.9. The molecule has 9 heteroatoms.